The van der Waals surface area contributed by atoms with Gasteiger partial charge in [-0.2, -0.15) is 0 Å². The lowest BCUT2D eigenvalue weighted by atomic mass is 10.2. The average Bonchev–Trinajstić information content (AvgIpc) is 2.48. The maximum absolute atomic E-state index is 12.4. The SMILES string of the molecule is COc1ccc(S(=O)(=O)Nc2ccc(NC(N)=O)cc2)c(C)c1. The number of hydrogen-bond acceptors (Lipinski definition) is 4. The molecule has 7 nitrogen and oxygen atoms in total. The molecular weight excluding hydrogens is 318 g/mol. The van der Waals surface area contributed by atoms with Crippen LogP contribution in [0.2, 0.25) is 0 Å². The van der Waals surface area contributed by atoms with Crippen molar-refractivity contribution in [2.24, 2.45) is 5.73 Å². The van der Waals surface area contributed by atoms with Crippen molar-refractivity contribution in [3.8, 4) is 5.75 Å². The van der Waals surface area contributed by atoms with Gasteiger partial charge < -0.3 is 15.8 Å². The number of primary amides is 1. The molecule has 2 amide bonds. The summed E-state index contributed by atoms with van der Waals surface area (Å²) >= 11 is 0. The molecule has 0 unspecified atom stereocenters. The van der Waals surface area contributed by atoms with Crippen LogP contribution in [0.4, 0.5) is 16.2 Å². The lowest BCUT2D eigenvalue weighted by Crippen LogP contribution is -2.19. The van der Waals surface area contributed by atoms with Gasteiger partial charge in [-0.3, -0.25) is 4.72 Å². The third-order valence-electron chi connectivity index (χ3n) is 3.08. The van der Waals surface area contributed by atoms with Crippen LogP contribution in [0.1, 0.15) is 5.56 Å². The van der Waals surface area contributed by atoms with Gasteiger partial charge in [0.05, 0.1) is 12.0 Å². The maximum atomic E-state index is 12.4. The molecule has 0 heterocycles. The Morgan fingerprint density at radius 3 is 2.22 bits per heavy atom. The molecule has 8 heteroatoms. The fourth-order valence-electron chi connectivity index (χ4n) is 2.02. The molecule has 0 saturated carbocycles. The molecule has 0 fully saturated rings. The number of urea groups is 1. The van der Waals surface area contributed by atoms with Crippen LogP contribution >= 0.6 is 0 Å². The van der Waals surface area contributed by atoms with Crippen LogP contribution in [-0.2, 0) is 10.0 Å². The summed E-state index contributed by atoms with van der Waals surface area (Å²) in [6, 6.07) is 10.2. The van der Waals surface area contributed by atoms with Crippen LogP contribution in [0, 0.1) is 6.92 Å². The Morgan fingerprint density at radius 2 is 1.70 bits per heavy atom. The minimum absolute atomic E-state index is 0.164. The summed E-state index contributed by atoms with van der Waals surface area (Å²) in [4.78, 5) is 10.9. The molecule has 122 valence electrons. The smallest absolute Gasteiger partial charge is 0.316 e. The van der Waals surface area contributed by atoms with E-state index in [9.17, 15) is 13.2 Å². The Morgan fingerprint density at radius 1 is 1.09 bits per heavy atom. The van der Waals surface area contributed by atoms with E-state index in [1.54, 1.807) is 31.2 Å². The van der Waals surface area contributed by atoms with E-state index in [4.69, 9.17) is 10.5 Å². The molecule has 0 aromatic heterocycles. The molecule has 0 radical (unpaired) electrons. The molecule has 0 aliphatic heterocycles. The number of nitrogens with two attached hydrogens (primary N) is 1. The number of carbonyl (C=O) groups excluding carboxylic acids is 1. The topological polar surface area (TPSA) is 111 Å². The summed E-state index contributed by atoms with van der Waals surface area (Å²) in [6.45, 7) is 1.69. The van der Waals surface area contributed by atoms with Gasteiger partial charge in [-0.25, -0.2) is 13.2 Å². The molecule has 23 heavy (non-hydrogen) atoms. The van der Waals surface area contributed by atoms with E-state index in [1.807, 2.05) is 0 Å². The second kappa shape index (κ2) is 6.57. The standard InChI is InChI=1S/C15H17N3O4S/c1-10-9-13(22-2)7-8-14(10)23(20,21)18-12-5-3-11(4-6-12)17-15(16)19/h3-9,18H,1-2H3,(H3,16,17,19). The number of amides is 2. The number of ether oxygens (including phenoxy) is 1. The molecule has 0 bridgehead atoms. The molecule has 2 aromatic carbocycles. The number of methoxy groups -OCH3 is 1. The molecule has 0 saturated heterocycles. The van der Waals surface area contributed by atoms with Crippen LogP contribution < -0.4 is 20.5 Å². The fraction of sp³-hybridized carbons (Fsp3) is 0.133. The molecule has 4 N–H and O–H groups in total. The van der Waals surface area contributed by atoms with Crippen LogP contribution in [0.3, 0.4) is 0 Å². The molecule has 2 aromatic rings. The second-order valence-electron chi connectivity index (χ2n) is 4.80. The Kier molecular flexibility index (Phi) is 4.75. The highest BCUT2D eigenvalue weighted by atomic mass is 32.2. The first-order valence-corrected chi connectivity index (χ1v) is 8.14. The first-order valence-electron chi connectivity index (χ1n) is 6.66. The van der Waals surface area contributed by atoms with Crippen molar-refractivity contribution in [2.45, 2.75) is 11.8 Å². The van der Waals surface area contributed by atoms with Gasteiger partial charge in [0.1, 0.15) is 5.75 Å². The number of hydrogen-bond donors (Lipinski definition) is 3. The van der Waals surface area contributed by atoms with Crippen molar-refractivity contribution >= 4 is 27.4 Å². The van der Waals surface area contributed by atoms with Crippen molar-refractivity contribution in [1.29, 1.82) is 0 Å². The fourth-order valence-corrected chi connectivity index (χ4v) is 3.31. The Bertz CT molecular complexity index is 817. The van der Waals surface area contributed by atoms with Crippen molar-refractivity contribution in [3.63, 3.8) is 0 Å². The molecule has 2 rings (SSSR count). The minimum Gasteiger partial charge on any atom is -0.497 e. The van der Waals surface area contributed by atoms with Gasteiger partial charge in [0, 0.05) is 11.4 Å². The van der Waals surface area contributed by atoms with Gasteiger partial charge in [0.25, 0.3) is 10.0 Å². The number of carbonyl (C=O) groups is 1. The van der Waals surface area contributed by atoms with Gasteiger partial charge >= 0.3 is 6.03 Å². The summed E-state index contributed by atoms with van der Waals surface area (Å²) in [7, 11) is -2.21. The lowest BCUT2D eigenvalue weighted by molar-refractivity contribution is 0.259. The number of sulfonamides is 1. The minimum atomic E-state index is -3.72. The zero-order valence-electron chi connectivity index (χ0n) is 12.7. The van der Waals surface area contributed by atoms with E-state index in [-0.39, 0.29) is 4.90 Å². The number of rotatable bonds is 5. The van der Waals surface area contributed by atoms with Crippen LogP contribution in [0.5, 0.6) is 5.75 Å². The van der Waals surface area contributed by atoms with Crippen LogP contribution in [0.25, 0.3) is 0 Å². The molecule has 0 aliphatic rings. The Hall–Kier alpha value is -2.74. The quantitative estimate of drug-likeness (QED) is 0.778. The van der Waals surface area contributed by atoms with E-state index in [2.05, 4.69) is 10.0 Å². The highest BCUT2D eigenvalue weighted by molar-refractivity contribution is 7.92. The van der Waals surface area contributed by atoms with E-state index in [0.29, 0.717) is 22.7 Å². The van der Waals surface area contributed by atoms with Crippen LogP contribution in [0.15, 0.2) is 47.4 Å². The summed E-state index contributed by atoms with van der Waals surface area (Å²) in [6.07, 6.45) is 0. The zero-order chi connectivity index (χ0) is 17.0. The first kappa shape index (κ1) is 16.6. The van der Waals surface area contributed by atoms with Gasteiger partial charge in [0.2, 0.25) is 0 Å². The summed E-state index contributed by atoms with van der Waals surface area (Å²) < 4.78 is 32.4. The van der Waals surface area contributed by atoms with Crippen molar-refractivity contribution in [1.82, 2.24) is 0 Å². The van der Waals surface area contributed by atoms with Gasteiger partial charge in [-0.15, -0.1) is 0 Å². The number of nitrogens with one attached hydrogen (secondary N) is 2. The predicted octanol–water partition coefficient (Wildman–Crippen LogP) is 2.30. The highest BCUT2D eigenvalue weighted by Crippen LogP contribution is 2.24. The number of anilines is 2. The van der Waals surface area contributed by atoms with Crippen LogP contribution in [-0.4, -0.2) is 21.6 Å². The van der Waals surface area contributed by atoms with Gasteiger partial charge in [0.15, 0.2) is 0 Å². The van der Waals surface area contributed by atoms with Gasteiger partial charge in [-0.05, 0) is 55.0 Å². The van der Waals surface area contributed by atoms with Gasteiger partial charge in [-0.1, -0.05) is 0 Å². The third-order valence-corrected chi connectivity index (χ3v) is 4.62. The maximum Gasteiger partial charge on any atom is 0.316 e. The molecule has 0 atom stereocenters. The lowest BCUT2D eigenvalue weighted by Gasteiger charge is -2.12. The number of aryl methyl sites for hydroxylation is 1. The summed E-state index contributed by atoms with van der Waals surface area (Å²) in [5.41, 5.74) is 6.43. The monoisotopic (exact) mass is 335 g/mol. The predicted molar refractivity (Wildman–Crippen MR) is 88.2 cm³/mol. The Labute approximate surface area is 134 Å². The molecular formula is C15H17N3O4S. The van der Waals surface area contributed by atoms with Crippen molar-refractivity contribution < 1.29 is 17.9 Å². The normalized spacial score (nSPS) is 10.9. The highest BCUT2D eigenvalue weighted by Gasteiger charge is 2.17. The average molecular weight is 335 g/mol. The van der Waals surface area contributed by atoms with E-state index in [1.165, 1.54) is 25.3 Å². The largest absolute Gasteiger partial charge is 0.497 e. The molecule has 0 spiro atoms. The number of benzene rings is 2. The van der Waals surface area contributed by atoms with Crippen molar-refractivity contribution in [3.05, 3.63) is 48.0 Å². The zero-order valence-corrected chi connectivity index (χ0v) is 13.5. The summed E-state index contributed by atoms with van der Waals surface area (Å²) in [5, 5.41) is 2.40. The third kappa shape index (κ3) is 4.13. The first-order chi connectivity index (χ1) is 10.8. The summed E-state index contributed by atoms with van der Waals surface area (Å²) in [5.74, 6) is 0.586. The van der Waals surface area contributed by atoms with E-state index in [0.717, 1.165) is 0 Å². The molecule has 0 aliphatic carbocycles. The van der Waals surface area contributed by atoms with E-state index < -0.39 is 16.1 Å². The Balaban J connectivity index is 2.22. The second-order valence-corrected chi connectivity index (χ2v) is 6.45. The van der Waals surface area contributed by atoms with Crippen molar-refractivity contribution in [2.75, 3.05) is 17.1 Å². The van der Waals surface area contributed by atoms with E-state index >= 15 is 0 Å².